The Morgan fingerprint density at radius 1 is 1.43 bits per heavy atom. The van der Waals surface area contributed by atoms with Crippen molar-refractivity contribution in [1.82, 2.24) is 5.32 Å². The minimum Gasteiger partial charge on any atom is -0.488 e. The maximum atomic E-state index is 5.73. The van der Waals surface area contributed by atoms with Gasteiger partial charge in [-0.05, 0) is 12.1 Å². The minimum absolute atomic E-state index is 0.270. The molecule has 1 aliphatic heterocycles. The molecule has 1 heterocycles. The van der Waals surface area contributed by atoms with E-state index >= 15 is 0 Å². The number of hydrogen-bond acceptors (Lipinski definition) is 5. The fourth-order valence-electron chi connectivity index (χ4n) is 1.28. The quantitative estimate of drug-likeness (QED) is 0.307. The van der Waals surface area contributed by atoms with E-state index in [-0.39, 0.29) is 6.10 Å². The molecule has 0 spiro atoms. The predicted molar refractivity (Wildman–Crippen MR) is 56.0 cm³/mol. The summed E-state index contributed by atoms with van der Waals surface area (Å²) in [5.74, 6) is 6.04. The number of hydrazine groups is 1. The highest BCUT2D eigenvalue weighted by atomic mass is 16.5. The molecule has 6 N–H and O–H groups in total. The van der Waals surface area contributed by atoms with Crippen LogP contribution in [0.4, 0.5) is 11.4 Å². The molecular formula is C9H14N4O. The first kappa shape index (κ1) is 9.11. The molecule has 0 amide bonds. The van der Waals surface area contributed by atoms with Gasteiger partial charge in [0.2, 0.25) is 0 Å². The molecule has 0 aliphatic carbocycles. The molecule has 1 aliphatic rings. The molecule has 0 aromatic heterocycles. The van der Waals surface area contributed by atoms with Crippen molar-refractivity contribution in [2.24, 2.45) is 5.84 Å². The van der Waals surface area contributed by atoms with Crippen LogP contribution in [-0.4, -0.2) is 19.2 Å². The summed E-state index contributed by atoms with van der Waals surface area (Å²) in [4.78, 5) is 0. The molecule has 1 aromatic carbocycles. The van der Waals surface area contributed by atoms with Crippen LogP contribution in [0.3, 0.4) is 0 Å². The average Bonchev–Trinajstić information content (AvgIpc) is 2.12. The zero-order valence-corrected chi connectivity index (χ0v) is 7.79. The van der Waals surface area contributed by atoms with Crippen LogP contribution >= 0.6 is 0 Å². The lowest BCUT2D eigenvalue weighted by Gasteiger charge is -2.28. The van der Waals surface area contributed by atoms with Crippen LogP contribution in [-0.2, 0) is 0 Å². The summed E-state index contributed by atoms with van der Waals surface area (Å²) in [6.07, 6.45) is 0.270. The van der Waals surface area contributed by atoms with Crippen molar-refractivity contribution in [1.29, 1.82) is 0 Å². The first-order chi connectivity index (χ1) is 6.79. The Bertz CT molecular complexity index is 325. The van der Waals surface area contributed by atoms with Crippen LogP contribution in [0, 0.1) is 0 Å². The third kappa shape index (κ3) is 1.73. The van der Waals surface area contributed by atoms with Gasteiger partial charge in [0.15, 0.2) is 0 Å². The fraction of sp³-hybridized carbons (Fsp3) is 0.333. The van der Waals surface area contributed by atoms with Crippen molar-refractivity contribution in [3.8, 4) is 5.75 Å². The molecule has 1 fully saturated rings. The Morgan fingerprint density at radius 3 is 2.71 bits per heavy atom. The predicted octanol–water partition coefficient (Wildman–Crippen LogP) is -0.0950. The number of ether oxygens (including phenoxy) is 1. The van der Waals surface area contributed by atoms with E-state index in [2.05, 4.69) is 10.7 Å². The smallest absolute Gasteiger partial charge is 0.123 e. The Balaban J connectivity index is 2.07. The molecule has 0 saturated carbocycles. The highest BCUT2D eigenvalue weighted by Gasteiger charge is 2.18. The number of anilines is 2. The zero-order chi connectivity index (χ0) is 9.97. The van der Waals surface area contributed by atoms with Crippen LogP contribution in [0.5, 0.6) is 5.75 Å². The largest absolute Gasteiger partial charge is 0.488 e. The Morgan fingerprint density at radius 2 is 2.21 bits per heavy atom. The van der Waals surface area contributed by atoms with Crippen LogP contribution in [0.15, 0.2) is 18.2 Å². The molecule has 0 radical (unpaired) electrons. The topological polar surface area (TPSA) is 85.3 Å². The lowest BCUT2D eigenvalue weighted by Crippen LogP contribution is -2.50. The monoisotopic (exact) mass is 194 g/mol. The summed E-state index contributed by atoms with van der Waals surface area (Å²) >= 11 is 0. The number of nitrogen functional groups attached to an aromatic ring is 2. The molecular weight excluding hydrogens is 180 g/mol. The second-order valence-electron chi connectivity index (χ2n) is 3.29. The third-order valence-electron chi connectivity index (χ3n) is 2.23. The van der Waals surface area contributed by atoms with Gasteiger partial charge in [0, 0.05) is 19.2 Å². The van der Waals surface area contributed by atoms with Crippen molar-refractivity contribution in [3.63, 3.8) is 0 Å². The maximum Gasteiger partial charge on any atom is 0.123 e. The number of nitrogens with one attached hydrogen (secondary N) is 2. The molecule has 0 unspecified atom stereocenters. The van der Waals surface area contributed by atoms with Gasteiger partial charge in [0.25, 0.3) is 0 Å². The van der Waals surface area contributed by atoms with Gasteiger partial charge in [-0.2, -0.15) is 0 Å². The van der Waals surface area contributed by atoms with Gasteiger partial charge in [-0.1, -0.05) is 0 Å². The van der Waals surface area contributed by atoms with E-state index in [4.69, 9.17) is 16.3 Å². The maximum absolute atomic E-state index is 5.73. The van der Waals surface area contributed by atoms with Crippen molar-refractivity contribution >= 4 is 11.4 Å². The van der Waals surface area contributed by atoms with E-state index < -0.39 is 0 Å². The Kier molecular flexibility index (Phi) is 2.43. The van der Waals surface area contributed by atoms with Crippen molar-refractivity contribution in [2.45, 2.75) is 6.10 Å². The number of nitrogens with two attached hydrogens (primary N) is 2. The minimum atomic E-state index is 0.270. The second-order valence-corrected chi connectivity index (χ2v) is 3.29. The Hall–Kier alpha value is -1.46. The van der Waals surface area contributed by atoms with E-state index in [1.165, 1.54) is 0 Å². The summed E-state index contributed by atoms with van der Waals surface area (Å²) in [6, 6.07) is 5.42. The zero-order valence-electron chi connectivity index (χ0n) is 7.79. The highest BCUT2D eigenvalue weighted by molar-refractivity contribution is 5.67. The van der Waals surface area contributed by atoms with Crippen molar-refractivity contribution in [2.75, 3.05) is 24.2 Å². The number of hydrogen-bond donors (Lipinski definition) is 4. The molecule has 1 saturated heterocycles. The van der Waals surface area contributed by atoms with Crippen LogP contribution in [0.25, 0.3) is 0 Å². The first-order valence-corrected chi connectivity index (χ1v) is 4.53. The van der Waals surface area contributed by atoms with E-state index in [1.807, 2.05) is 6.07 Å². The standard InChI is InChI=1S/C9H14N4O/c10-8-3-6(1-2-9(8)13-11)14-7-4-12-5-7/h1-3,7,12-13H,4-5,10-11H2. The molecule has 5 nitrogen and oxygen atoms in total. The molecule has 2 rings (SSSR count). The lowest BCUT2D eigenvalue weighted by molar-refractivity contribution is 0.142. The highest BCUT2D eigenvalue weighted by Crippen LogP contribution is 2.24. The summed E-state index contributed by atoms with van der Waals surface area (Å²) in [6.45, 7) is 1.80. The van der Waals surface area contributed by atoms with E-state index in [1.54, 1.807) is 12.1 Å². The van der Waals surface area contributed by atoms with Crippen molar-refractivity contribution in [3.05, 3.63) is 18.2 Å². The van der Waals surface area contributed by atoms with Crippen LogP contribution < -0.4 is 27.1 Å². The first-order valence-electron chi connectivity index (χ1n) is 4.53. The average molecular weight is 194 g/mol. The number of benzene rings is 1. The van der Waals surface area contributed by atoms with Crippen LogP contribution in [0.2, 0.25) is 0 Å². The van der Waals surface area contributed by atoms with E-state index in [9.17, 15) is 0 Å². The van der Waals surface area contributed by atoms with Gasteiger partial charge >= 0.3 is 0 Å². The van der Waals surface area contributed by atoms with Crippen LogP contribution in [0.1, 0.15) is 0 Å². The summed E-state index contributed by atoms with van der Waals surface area (Å²) in [7, 11) is 0. The van der Waals surface area contributed by atoms with Crippen molar-refractivity contribution < 1.29 is 4.74 Å². The fourth-order valence-corrected chi connectivity index (χ4v) is 1.28. The van der Waals surface area contributed by atoms with Gasteiger partial charge in [0.05, 0.1) is 11.4 Å². The Labute approximate surface area is 82.4 Å². The van der Waals surface area contributed by atoms with Gasteiger partial charge in [-0.25, -0.2) is 0 Å². The van der Waals surface area contributed by atoms with Gasteiger partial charge in [-0.3, -0.25) is 5.84 Å². The molecule has 14 heavy (non-hydrogen) atoms. The number of rotatable bonds is 3. The summed E-state index contributed by atoms with van der Waals surface area (Å²) in [5.41, 5.74) is 9.55. The molecule has 0 bridgehead atoms. The normalized spacial score (nSPS) is 16.1. The molecule has 5 heteroatoms. The van der Waals surface area contributed by atoms with E-state index in [0.717, 1.165) is 18.8 Å². The molecule has 76 valence electrons. The summed E-state index contributed by atoms with van der Waals surface area (Å²) < 4.78 is 5.62. The van der Waals surface area contributed by atoms with Gasteiger partial charge in [0.1, 0.15) is 11.9 Å². The van der Waals surface area contributed by atoms with E-state index in [0.29, 0.717) is 11.4 Å². The molecule has 0 atom stereocenters. The SMILES string of the molecule is NNc1ccc(OC2CNC2)cc1N. The van der Waals surface area contributed by atoms with Gasteiger partial charge < -0.3 is 21.2 Å². The molecule has 1 aromatic rings. The lowest BCUT2D eigenvalue weighted by atomic mass is 10.2. The van der Waals surface area contributed by atoms with Gasteiger partial charge in [-0.15, -0.1) is 0 Å². The summed E-state index contributed by atoms with van der Waals surface area (Å²) in [5, 5.41) is 3.13. The second kappa shape index (κ2) is 3.73. The third-order valence-corrected chi connectivity index (χ3v) is 2.23.